The molecule has 2 fully saturated rings. The first-order chi connectivity index (χ1) is 12.2. The highest BCUT2D eigenvalue weighted by atomic mass is 16.5. The molecule has 0 radical (unpaired) electrons. The maximum Gasteiger partial charge on any atom is 0.251 e. The lowest BCUT2D eigenvalue weighted by Gasteiger charge is -2.32. The van der Waals surface area contributed by atoms with Gasteiger partial charge in [-0.05, 0) is 31.5 Å². The Hall–Kier alpha value is -1.92. The van der Waals surface area contributed by atoms with Crippen molar-refractivity contribution in [1.82, 2.24) is 15.5 Å². The monoisotopic (exact) mass is 345 g/mol. The minimum Gasteiger partial charge on any atom is -0.356 e. The molecule has 6 nitrogen and oxygen atoms in total. The maximum absolute atomic E-state index is 12.6. The minimum atomic E-state index is -0.691. The van der Waals surface area contributed by atoms with Gasteiger partial charge in [-0.1, -0.05) is 43.2 Å². The van der Waals surface area contributed by atoms with Crippen LogP contribution in [0.3, 0.4) is 0 Å². The molecule has 25 heavy (non-hydrogen) atoms. The lowest BCUT2D eigenvalue weighted by atomic mass is 9.99. The summed E-state index contributed by atoms with van der Waals surface area (Å²) in [6.07, 6.45) is 4.39. The van der Waals surface area contributed by atoms with Crippen LogP contribution in [0.5, 0.6) is 0 Å². The number of morpholine rings is 1. The lowest BCUT2D eigenvalue weighted by molar-refractivity contribution is -0.148. The molecule has 0 saturated carbocycles. The Morgan fingerprint density at radius 2 is 1.88 bits per heavy atom. The Morgan fingerprint density at radius 1 is 1.16 bits per heavy atom. The highest BCUT2D eigenvalue weighted by Gasteiger charge is 2.35. The van der Waals surface area contributed by atoms with E-state index in [1.807, 2.05) is 30.3 Å². The molecule has 0 aromatic heterocycles. The van der Waals surface area contributed by atoms with E-state index in [1.54, 1.807) is 0 Å². The van der Waals surface area contributed by atoms with Crippen molar-refractivity contribution in [3.05, 3.63) is 35.9 Å². The summed E-state index contributed by atoms with van der Waals surface area (Å²) in [4.78, 5) is 26.7. The van der Waals surface area contributed by atoms with Crippen LogP contribution in [0.4, 0.5) is 0 Å². The molecule has 2 atom stereocenters. The molecule has 2 N–H and O–H groups in total. The largest absolute Gasteiger partial charge is 0.356 e. The summed E-state index contributed by atoms with van der Waals surface area (Å²) in [6, 6.07) is 9.05. The van der Waals surface area contributed by atoms with Gasteiger partial charge in [0.25, 0.3) is 5.91 Å². The summed E-state index contributed by atoms with van der Waals surface area (Å²) in [5.41, 5.74) is 0.878. The normalized spacial score (nSPS) is 25.0. The van der Waals surface area contributed by atoms with Gasteiger partial charge in [-0.3, -0.25) is 9.59 Å². The van der Waals surface area contributed by atoms with E-state index in [9.17, 15) is 9.59 Å². The van der Waals surface area contributed by atoms with Crippen molar-refractivity contribution in [2.24, 2.45) is 0 Å². The second-order valence-corrected chi connectivity index (χ2v) is 6.73. The third kappa shape index (κ3) is 5.03. The van der Waals surface area contributed by atoms with Crippen molar-refractivity contribution >= 4 is 11.8 Å². The van der Waals surface area contributed by atoms with Gasteiger partial charge in [0.15, 0.2) is 6.10 Å². The lowest BCUT2D eigenvalue weighted by Crippen LogP contribution is -2.53. The molecule has 6 heteroatoms. The SMILES string of the molecule is O=C1CO[C@H](C(=O)NCCN2CCCCCC2)[C@@H](c2ccccc2)N1. The number of carbonyl (C=O) groups excluding carboxylic acids is 2. The Balaban J connectivity index is 1.54. The van der Waals surface area contributed by atoms with E-state index in [4.69, 9.17) is 4.74 Å². The molecule has 2 aliphatic heterocycles. The van der Waals surface area contributed by atoms with Gasteiger partial charge >= 0.3 is 0 Å². The standard InChI is InChI=1S/C19H27N3O3/c23-16-14-25-18(17(21-16)15-8-4-3-5-9-15)19(24)20-10-13-22-11-6-1-2-7-12-22/h3-5,8-9,17-18H,1-2,6-7,10-14H2,(H,20,24)(H,21,23)/t17-,18+/m1/s1. The smallest absolute Gasteiger partial charge is 0.251 e. The van der Waals surface area contributed by atoms with Crippen LogP contribution in [0.1, 0.15) is 37.3 Å². The molecular weight excluding hydrogens is 318 g/mol. The fraction of sp³-hybridized carbons (Fsp3) is 0.579. The van der Waals surface area contributed by atoms with Crippen LogP contribution in [-0.4, -0.2) is 55.6 Å². The molecule has 2 heterocycles. The molecule has 2 amide bonds. The summed E-state index contributed by atoms with van der Waals surface area (Å²) in [5, 5.41) is 5.85. The molecule has 3 rings (SSSR count). The molecule has 1 aromatic carbocycles. The summed E-state index contributed by atoms with van der Waals surface area (Å²) in [5.74, 6) is -0.355. The fourth-order valence-electron chi connectivity index (χ4n) is 3.50. The molecule has 0 unspecified atom stereocenters. The van der Waals surface area contributed by atoms with Gasteiger partial charge in [0.05, 0.1) is 6.04 Å². The number of amides is 2. The van der Waals surface area contributed by atoms with Crippen LogP contribution in [0, 0.1) is 0 Å². The predicted molar refractivity (Wildman–Crippen MR) is 95.0 cm³/mol. The van der Waals surface area contributed by atoms with Crippen molar-refractivity contribution in [3.8, 4) is 0 Å². The van der Waals surface area contributed by atoms with E-state index >= 15 is 0 Å². The van der Waals surface area contributed by atoms with Gasteiger partial charge in [-0.2, -0.15) is 0 Å². The van der Waals surface area contributed by atoms with E-state index in [2.05, 4.69) is 15.5 Å². The Kier molecular flexibility index (Phi) is 6.42. The van der Waals surface area contributed by atoms with Crippen molar-refractivity contribution in [2.45, 2.75) is 37.8 Å². The molecule has 0 aliphatic carbocycles. The van der Waals surface area contributed by atoms with Crippen molar-refractivity contribution in [1.29, 1.82) is 0 Å². The van der Waals surface area contributed by atoms with Crippen molar-refractivity contribution in [2.75, 3.05) is 32.8 Å². The third-order valence-electron chi connectivity index (χ3n) is 4.86. The highest BCUT2D eigenvalue weighted by Crippen LogP contribution is 2.22. The minimum absolute atomic E-state index is 0.0758. The average molecular weight is 345 g/mol. The van der Waals surface area contributed by atoms with Crippen LogP contribution in [0.2, 0.25) is 0 Å². The molecule has 1 aromatic rings. The average Bonchev–Trinajstić information content (AvgIpc) is 2.91. The van der Waals surface area contributed by atoms with Gasteiger partial charge in [0, 0.05) is 13.1 Å². The van der Waals surface area contributed by atoms with Crippen LogP contribution in [0.15, 0.2) is 30.3 Å². The maximum atomic E-state index is 12.6. The number of hydrogen-bond donors (Lipinski definition) is 2. The summed E-state index contributed by atoms with van der Waals surface area (Å²) >= 11 is 0. The second-order valence-electron chi connectivity index (χ2n) is 6.73. The zero-order chi connectivity index (χ0) is 17.5. The van der Waals surface area contributed by atoms with Crippen molar-refractivity contribution in [3.63, 3.8) is 0 Å². The van der Waals surface area contributed by atoms with Crippen LogP contribution >= 0.6 is 0 Å². The summed E-state index contributed by atoms with van der Waals surface area (Å²) < 4.78 is 5.54. The molecule has 0 bridgehead atoms. The van der Waals surface area contributed by atoms with E-state index in [-0.39, 0.29) is 18.4 Å². The van der Waals surface area contributed by atoms with Gasteiger partial charge < -0.3 is 20.3 Å². The van der Waals surface area contributed by atoms with Gasteiger partial charge in [-0.25, -0.2) is 0 Å². The Morgan fingerprint density at radius 3 is 2.60 bits per heavy atom. The van der Waals surface area contributed by atoms with Crippen molar-refractivity contribution < 1.29 is 14.3 Å². The van der Waals surface area contributed by atoms with E-state index in [0.29, 0.717) is 6.54 Å². The number of rotatable bonds is 5. The number of nitrogens with zero attached hydrogens (tertiary/aromatic N) is 1. The molecule has 136 valence electrons. The number of hydrogen-bond acceptors (Lipinski definition) is 4. The molecular formula is C19H27N3O3. The van der Waals surface area contributed by atoms with E-state index in [1.165, 1.54) is 25.7 Å². The molecule has 0 spiro atoms. The third-order valence-corrected chi connectivity index (χ3v) is 4.86. The number of benzene rings is 1. The quantitative estimate of drug-likeness (QED) is 0.842. The highest BCUT2D eigenvalue weighted by molar-refractivity contribution is 5.86. The summed E-state index contributed by atoms with van der Waals surface area (Å²) in [6.45, 7) is 3.61. The number of ether oxygens (including phenoxy) is 1. The van der Waals surface area contributed by atoms with Crippen LogP contribution < -0.4 is 10.6 Å². The fourth-order valence-corrected chi connectivity index (χ4v) is 3.50. The molecule has 2 saturated heterocycles. The predicted octanol–water partition coefficient (Wildman–Crippen LogP) is 1.23. The first-order valence-electron chi connectivity index (χ1n) is 9.20. The van der Waals surface area contributed by atoms with Gasteiger partial charge in [0.2, 0.25) is 5.91 Å². The van der Waals surface area contributed by atoms with E-state index < -0.39 is 12.1 Å². The van der Waals surface area contributed by atoms with Gasteiger partial charge in [-0.15, -0.1) is 0 Å². The van der Waals surface area contributed by atoms with Crippen LogP contribution in [-0.2, 0) is 14.3 Å². The number of carbonyl (C=O) groups is 2. The second kappa shape index (κ2) is 8.97. The van der Waals surface area contributed by atoms with Crippen LogP contribution in [0.25, 0.3) is 0 Å². The molecule has 2 aliphatic rings. The number of nitrogens with one attached hydrogen (secondary N) is 2. The van der Waals surface area contributed by atoms with Gasteiger partial charge in [0.1, 0.15) is 6.61 Å². The Bertz CT molecular complexity index is 571. The van der Waals surface area contributed by atoms with E-state index in [0.717, 1.165) is 25.2 Å². The Labute approximate surface area is 148 Å². The first-order valence-corrected chi connectivity index (χ1v) is 9.20. The number of likely N-dealkylation sites (tertiary alicyclic amines) is 1. The zero-order valence-corrected chi connectivity index (χ0v) is 14.6. The first kappa shape index (κ1) is 17.9. The topological polar surface area (TPSA) is 70.7 Å². The summed E-state index contributed by atoms with van der Waals surface area (Å²) in [7, 11) is 0. The zero-order valence-electron chi connectivity index (χ0n) is 14.6.